The lowest BCUT2D eigenvalue weighted by atomic mass is 9.48. The lowest BCUT2D eigenvalue weighted by Crippen LogP contribution is -2.68. The molecule has 2 heterocycles. The summed E-state index contributed by atoms with van der Waals surface area (Å²) < 4.78 is 17.8. The van der Waals surface area contributed by atoms with Crippen molar-refractivity contribution in [1.29, 1.82) is 0 Å². The van der Waals surface area contributed by atoms with Crippen molar-refractivity contribution in [2.75, 3.05) is 13.2 Å². The molecule has 4 aliphatic rings. The summed E-state index contributed by atoms with van der Waals surface area (Å²) in [5, 5.41) is 0. The highest BCUT2D eigenvalue weighted by Gasteiger charge is 2.75. The fourth-order valence-electron chi connectivity index (χ4n) is 6.12. The van der Waals surface area contributed by atoms with Crippen molar-refractivity contribution in [3.63, 3.8) is 0 Å². The Morgan fingerprint density at radius 2 is 1.85 bits per heavy atom. The highest BCUT2D eigenvalue weighted by Crippen LogP contribution is 2.72. The van der Waals surface area contributed by atoms with Gasteiger partial charge in [-0.25, -0.2) is 9.69 Å². The monoisotopic (exact) mass is 377 g/mol. The van der Waals surface area contributed by atoms with Crippen LogP contribution in [0.5, 0.6) is 0 Å². The van der Waals surface area contributed by atoms with Crippen LogP contribution in [0, 0.1) is 22.7 Å². The highest BCUT2D eigenvalue weighted by atomic mass is 16.7. The lowest BCUT2D eigenvalue weighted by Gasteiger charge is -2.61. The second kappa shape index (κ2) is 5.57. The molecule has 27 heavy (non-hydrogen) atoms. The molecule has 4 rings (SSSR count). The van der Waals surface area contributed by atoms with Crippen molar-refractivity contribution in [1.82, 2.24) is 4.90 Å². The molecule has 4 fully saturated rings. The van der Waals surface area contributed by atoms with E-state index >= 15 is 0 Å². The molecule has 2 bridgehead atoms. The Balaban J connectivity index is 1.82. The maximum Gasteiger partial charge on any atom is 0.421 e. The van der Waals surface area contributed by atoms with Crippen LogP contribution in [0.25, 0.3) is 0 Å². The molecule has 1 spiro atoms. The third-order valence-corrected chi connectivity index (χ3v) is 7.42. The first kappa shape index (κ1) is 18.9. The fraction of sp³-hybridized carbons (Fsp3) is 0.810. The average molecular weight is 377 g/mol. The molecule has 0 aromatic heterocycles. The van der Waals surface area contributed by atoms with Gasteiger partial charge in [-0.3, -0.25) is 4.79 Å². The number of carbonyl (C=O) groups is 2. The number of ether oxygens (including phenoxy) is 3. The van der Waals surface area contributed by atoms with Crippen molar-refractivity contribution >= 4 is 12.0 Å². The van der Waals surface area contributed by atoms with Crippen molar-refractivity contribution in [2.24, 2.45) is 22.7 Å². The van der Waals surface area contributed by atoms with E-state index in [1.165, 1.54) is 4.90 Å². The number of carbonyl (C=O) groups excluding carboxylic acids is 2. The topological polar surface area (TPSA) is 65.1 Å². The fourth-order valence-corrected chi connectivity index (χ4v) is 6.12. The number of hydrogen-bond acceptors (Lipinski definition) is 5. The molecule has 0 radical (unpaired) electrons. The summed E-state index contributed by atoms with van der Waals surface area (Å²) >= 11 is 0. The Morgan fingerprint density at radius 3 is 2.44 bits per heavy atom. The van der Waals surface area contributed by atoms with E-state index in [9.17, 15) is 9.59 Å². The number of amides is 2. The molecule has 0 aromatic carbocycles. The van der Waals surface area contributed by atoms with Crippen LogP contribution in [-0.4, -0.2) is 41.5 Å². The number of hydrogen-bond donors (Lipinski definition) is 0. The van der Waals surface area contributed by atoms with Crippen LogP contribution in [0.3, 0.4) is 0 Å². The molecule has 4 atom stereocenters. The number of imide groups is 1. The van der Waals surface area contributed by atoms with Gasteiger partial charge < -0.3 is 14.2 Å². The number of allylic oxidation sites excluding steroid dienone is 1. The maximum atomic E-state index is 13.7. The van der Waals surface area contributed by atoms with E-state index in [-0.39, 0.29) is 23.2 Å². The Kier molecular flexibility index (Phi) is 3.91. The van der Waals surface area contributed by atoms with Crippen LogP contribution >= 0.6 is 0 Å². The summed E-state index contributed by atoms with van der Waals surface area (Å²) in [6.45, 7) is 14.9. The van der Waals surface area contributed by atoms with E-state index in [0.717, 1.165) is 25.7 Å². The lowest BCUT2D eigenvalue weighted by molar-refractivity contribution is -0.246. The van der Waals surface area contributed by atoms with Crippen molar-refractivity contribution in [3.8, 4) is 0 Å². The van der Waals surface area contributed by atoms with E-state index in [1.807, 2.05) is 6.92 Å². The largest absolute Gasteiger partial charge is 0.443 e. The molecular formula is C21H31NO5. The van der Waals surface area contributed by atoms with Crippen LogP contribution in [0.4, 0.5) is 4.79 Å². The zero-order valence-electron chi connectivity index (χ0n) is 17.1. The minimum absolute atomic E-state index is 0.115. The van der Waals surface area contributed by atoms with Gasteiger partial charge in [0.25, 0.3) is 0 Å². The molecule has 2 aliphatic carbocycles. The molecule has 0 N–H and O–H groups in total. The van der Waals surface area contributed by atoms with Gasteiger partial charge in [0.2, 0.25) is 5.91 Å². The zero-order chi connectivity index (χ0) is 19.8. The minimum atomic E-state index is -0.753. The third-order valence-electron chi connectivity index (χ3n) is 7.42. The highest BCUT2D eigenvalue weighted by molar-refractivity contribution is 5.99. The standard InChI is InChI=1S/C21H31NO5/c1-13-7-8-20-9-10-21(25-11-12-26-21)15(20)19(13,6)16(23)22(14(20)2)17(24)27-18(3,4)5/h13,15H,2,7-12H2,1,3-6H3/t13?,15-,19-,20-/m1/s1. The summed E-state index contributed by atoms with van der Waals surface area (Å²) in [5.74, 6) is -0.969. The van der Waals surface area contributed by atoms with Gasteiger partial charge in [-0.2, -0.15) is 0 Å². The predicted octanol–water partition coefficient (Wildman–Crippen LogP) is 3.85. The summed E-state index contributed by atoms with van der Waals surface area (Å²) in [6.07, 6.45) is 2.73. The molecule has 2 saturated carbocycles. The van der Waals surface area contributed by atoms with Crippen LogP contribution in [0.15, 0.2) is 12.3 Å². The average Bonchev–Trinajstić information content (AvgIpc) is 3.16. The quantitative estimate of drug-likeness (QED) is 0.641. The Bertz CT molecular complexity index is 704. The zero-order valence-corrected chi connectivity index (χ0v) is 17.1. The number of piperidine rings is 1. The summed E-state index contributed by atoms with van der Waals surface area (Å²) in [5.41, 5.74) is -1.23. The molecule has 2 saturated heterocycles. The van der Waals surface area contributed by atoms with Crippen LogP contribution < -0.4 is 0 Å². The smallest absolute Gasteiger partial charge is 0.421 e. The van der Waals surface area contributed by atoms with Gasteiger partial charge in [-0.05, 0) is 52.9 Å². The molecule has 2 aliphatic heterocycles. The Morgan fingerprint density at radius 1 is 1.22 bits per heavy atom. The SMILES string of the molecule is C=C1N(C(=O)OC(C)(C)C)C(=O)[C@]2(C)C(C)CC[C@@]13CCC1(OCCO1)[C@@H]32. The Labute approximate surface area is 161 Å². The van der Waals surface area contributed by atoms with Gasteiger partial charge >= 0.3 is 6.09 Å². The molecular weight excluding hydrogens is 346 g/mol. The van der Waals surface area contributed by atoms with Gasteiger partial charge in [0.1, 0.15) is 5.60 Å². The van der Waals surface area contributed by atoms with Gasteiger partial charge in [-0.1, -0.05) is 13.5 Å². The molecule has 6 heteroatoms. The first-order chi connectivity index (χ1) is 12.5. The summed E-state index contributed by atoms with van der Waals surface area (Å²) in [7, 11) is 0. The van der Waals surface area contributed by atoms with E-state index < -0.39 is 22.9 Å². The predicted molar refractivity (Wildman–Crippen MR) is 98.5 cm³/mol. The third kappa shape index (κ3) is 2.32. The molecule has 0 aromatic rings. The van der Waals surface area contributed by atoms with Crippen LogP contribution in [0.2, 0.25) is 0 Å². The maximum absolute atomic E-state index is 13.7. The van der Waals surface area contributed by atoms with Gasteiger partial charge in [0.05, 0.1) is 18.6 Å². The van der Waals surface area contributed by atoms with Crippen LogP contribution in [-0.2, 0) is 19.0 Å². The summed E-state index contributed by atoms with van der Waals surface area (Å²) in [6, 6.07) is 0. The first-order valence-corrected chi connectivity index (χ1v) is 10.0. The summed E-state index contributed by atoms with van der Waals surface area (Å²) in [4.78, 5) is 27.9. The molecule has 2 amide bonds. The number of likely N-dealkylation sites (tertiary alicyclic amines) is 1. The first-order valence-electron chi connectivity index (χ1n) is 10.0. The van der Waals surface area contributed by atoms with Crippen molar-refractivity contribution in [3.05, 3.63) is 12.3 Å². The Hall–Kier alpha value is -1.40. The van der Waals surface area contributed by atoms with Crippen LogP contribution in [0.1, 0.15) is 60.3 Å². The minimum Gasteiger partial charge on any atom is -0.443 e. The van der Waals surface area contributed by atoms with Gasteiger partial charge in [0.15, 0.2) is 5.79 Å². The van der Waals surface area contributed by atoms with Crippen molar-refractivity contribution in [2.45, 2.75) is 71.7 Å². The van der Waals surface area contributed by atoms with Gasteiger partial charge in [-0.15, -0.1) is 0 Å². The van der Waals surface area contributed by atoms with E-state index in [0.29, 0.717) is 18.9 Å². The van der Waals surface area contributed by atoms with Gasteiger partial charge in [0, 0.05) is 23.5 Å². The second-order valence-electron chi connectivity index (χ2n) is 9.89. The van der Waals surface area contributed by atoms with E-state index in [4.69, 9.17) is 14.2 Å². The van der Waals surface area contributed by atoms with Crippen molar-refractivity contribution < 1.29 is 23.8 Å². The van der Waals surface area contributed by atoms with E-state index in [1.54, 1.807) is 20.8 Å². The molecule has 150 valence electrons. The molecule has 6 nitrogen and oxygen atoms in total. The number of rotatable bonds is 0. The molecule has 1 unspecified atom stereocenters. The normalized spacial score (nSPS) is 40.4. The second-order valence-corrected chi connectivity index (χ2v) is 9.89. The number of nitrogens with zero attached hydrogens (tertiary/aromatic N) is 1. The van der Waals surface area contributed by atoms with E-state index in [2.05, 4.69) is 13.5 Å².